The Labute approximate surface area is 69.8 Å². The van der Waals surface area contributed by atoms with Crippen LogP contribution in [-0.4, -0.2) is 10.7 Å². The highest BCUT2D eigenvalue weighted by molar-refractivity contribution is 4.98. The van der Waals surface area contributed by atoms with E-state index in [9.17, 15) is 5.11 Å². The summed E-state index contributed by atoms with van der Waals surface area (Å²) in [6.45, 7) is 8.51. The van der Waals surface area contributed by atoms with Crippen LogP contribution in [0.3, 0.4) is 0 Å². The van der Waals surface area contributed by atoms with Crippen molar-refractivity contribution in [1.29, 1.82) is 0 Å². The average molecular weight is 156 g/mol. The van der Waals surface area contributed by atoms with Crippen molar-refractivity contribution in [2.24, 2.45) is 17.8 Å². The lowest BCUT2D eigenvalue weighted by atomic mass is 9.84. The van der Waals surface area contributed by atoms with E-state index in [1.165, 1.54) is 6.42 Å². The highest BCUT2D eigenvalue weighted by Gasteiger charge is 2.48. The molecule has 66 valence electrons. The lowest BCUT2D eigenvalue weighted by Gasteiger charge is -2.30. The zero-order valence-electron chi connectivity index (χ0n) is 8.09. The maximum atomic E-state index is 10.1. The molecule has 4 atom stereocenters. The van der Waals surface area contributed by atoms with Gasteiger partial charge < -0.3 is 5.11 Å². The lowest BCUT2D eigenvalue weighted by molar-refractivity contribution is -0.0202. The van der Waals surface area contributed by atoms with Gasteiger partial charge in [-0.2, -0.15) is 0 Å². The van der Waals surface area contributed by atoms with Crippen LogP contribution < -0.4 is 0 Å². The molecule has 0 bridgehead atoms. The molecular weight excluding hydrogens is 136 g/mol. The van der Waals surface area contributed by atoms with Crippen LogP contribution in [0.2, 0.25) is 0 Å². The lowest BCUT2D eigenvalue weighted by Crippen LogP contribution is -2.35. The van der Waals surface area contributed by atoms with Crippen molar-refractivity contribution in [3.05, 3.63) is 0 Å². The third-order valence-electron chi connectivity index (χ3n) is 3.47. The zero-order chi connectivity index (χ0) is 8.65. The summed E-state index contributed by atoms with van der Waals surface area (Å²) in [5.41, 5.74) is -0.409. The van der Waals surface area contributed by atoms with Gasteiger partial charge in [-0.3, -0.25) is 0 Å². The number of rotatable bonds is 3. The normalized spacial score (nSPS) is 37.9. The van der Waals surface area contributed by atoms with Crippen LogP contribution in [0.5, 0.6) is 0 Å². The van der Waals surface area contributed by atoms with Crippen molar-refractivity contribution in [2.75, 3.05) is 0 Å². The van der Waals surface area contributed by atoms with Crippen LogP contribution in [0, 0.1) is 17.8 Å². The molecule has 1 saturated carbocycles. The summed E-state index contributed by atoms with van der Waals surface area (Å²) >= 11 is 0. The maximum Gasteiger partial charge on any atom is 0.0675 e. The highest BCUT2D eigenvalue weighted by Crippen LogP contribution is 2.49. The minimum Gasteiger partial charge on any atom is -0.390 e. The Bertz CT molecular complexity index is 134. The summed E-state index contributed by atoms with van der Waals surface area (Å²) in [5, 5.41) is 10.1. The molecule has 0 aromatic rings. The van der Waals surface area contributed by atoms with Gasteiger partial charge in [0.15, 0.2) is 0 Å². The van der Waals surface area contributed by atoms with E-state index in [0.29, 0.717) is 11.8 Å². The summed E-state index contributed by atoms with van der Waals surface area (Å²) in [4.78, 5) is 0. The number of hydrogen-bond donors (Lipinski definition) is 1. The summed E-state index contributed by atoms with van der Waals surface area (Å²) in [6, 6.07) is 0. The van der Waals surface area contributed by atoms with Gasteiger partial charge in [-0.05, 0) is 31.1 Å². The Morgan fingerprint density at radius 2 is 2.09 bits per heavy atom. The van der Waals surface area contributed by atoms with Crippen LogP contribution in [0.4, 0.5) is 0 Å². The van der Waals surface area contributed by atoms with Gasteiger partial charge >= 0.3 is 0 Å². The second-order valence-electron chi connectivity index (χ2n) is 4.35. The molecule has 0 aliphatic heterocycles. The first kappa shape index (κ1) is 9.05. The van der Waals surface area contributed by atoms with Crippen LogP contribution in [0.1, 0.15) is 40.5 Å². The van der Waals surface area contributed by atoms with Crippen molar-refractivity contribution in [1.82, 2.24) is 0 Å². The Morgan fingerprint density at radius 1 is 1.64 bits per heavy atom. The predicted molar refractivity (Wildman–Crippen MR) is 47.3 cm³/mol. The number of aliphatic hydroxyl groups is 1. The van der Waals surface area contributed by atoms with Crippen LogP contribution in [0.15, 0.2) is 0 Å². The third kappa shape index (κ3) is 1.58. The van der Waals surface area contributed by atoms with Gasteiger partial charge in [0.2, 0.25) is 0 Å². The number of hydrogen-bond acceptors (Lipinski definition) is 1. The highest BCUT2D eigenvalue weighted by atomic mass is 16.3. The molecule has 1 rings (SSSR count). The van der Waals surface area contributed by atoms with Crippen LogP contribution >= 0.6 is 0 Å². The van der Waals surface area contributed by atoms with Gasteiger partial charge in [-0.1, -0.05) is 27.2 Å². The monoisotopic (exact) mass is 156 g/mol. The fraction of sp³-hybridized carbons (Fsp3) is 1.00. The van der Waals surface area contributed by atoms with E-state index in [4.69, 9.17) is 0 Å². The Hall–Kier alpha value is -0.0400. The van der Waals surface area contributed by atoms with Gasteiger partial charge in [0.1, 0.15) is 0 Å². The summed E-state index contributed by atoms with van der Waals surface area (Å²) in [7, 11) is 0. The predicted octanol–water partition coefficient (Wildman–Crippen LogP) is 2.44. The molecule has 0 spiro atoms. The van der Waals surface area contributed by atoms with E-state index in [0.717, 1.165) is 12.3 Å². The summed E-state index contributed by atoms with van der Waals surface area (Å²) < 4.78 is 0. The quantitative estimate of drug-likeness (QED) is 0.665. The first-order chi connectivity index (χ1) is 5.00. The molecule has 0 radical (unpaired) electrons. The fourth-order valence-corrected chi connectivity index (χ4v) is 1.92. The standard InChI is InChI=1S/C10H20O/c1-5-8(3)10(4,11)9-6-7(9)2/h7-9,11H,5-6H2,1-4H3. The Kier molecular flexibility index (Phi) is 2.29. The van der Waals surface area contributed by atoms with Crippen molar-refractivity contribution in [3.63, 3.8) is 0 Å². The van der Waals surface area contributed by atoms with E-state index < -0.39 is 5.60 Å². The smallest absolute Gasteiger partial charge is 0.0675 e. The molecule has 1 fully saturated rings. The van der Waals surface area contributed by atoms with Crippen molar-refractivity contribution in [2.45, 2.75) is 46.1 Å². The molecule has 1 aliphatic rings. The van der Waals surface area contributed by atoms with Gasteiger partial charge in [0.05, 0.1) is 5.60 Å². The Balaban J connectivity index is 2.52. The minimum atomic E-state index is -0.409. The molecule has 0 saturated heterocycles. The van der Waals surface area contributed by atoms with Crippen molar-refractivity contribution < 1.29 is 5.11 Å². The third-order valence-corrected chi connectivity index (χ3v) is 3.47. The summed E-state index contributed by atoms with van der Waals surface area (Å²) in [5.74, 6) is 1.76. The molecule has 1 nitrogen and oxygen atoms in total. The van der Waals surface area contributed by atoms with E-state index >= 15 is 0 Å². The van der Waals surface area contributed by atoms with Crippen LogP contribution in [-0.2, 0) is 0 Å². The van der Waals surface area contributed by atoms with E-state index in [-0.39, 0.29) is 0 Å². The molecule has 4 unspecified atom stereocenters. The molecule has 0 heterocycles. The Morgan fingerprint density at radius 3 is 2.36 bits per heavy atom. The molecule has 0 amide bonds. The minimum absolute atomic E-state index is 0.409. The van der Waals surface area contributed by atoms with Crippen molar-refractivity contribution >= 4 is 0 Å². The molecule has 1 N–H and O–H groups in total. The van der Waals surface area contributed by atoms with E-state index in [2.05, 4.69) is 20.8 Å². The SMILES string of the molecule is CCC(C)C(C)(O)C1CC1C. The molecule has 0 aromatic heterocycles. The van der Waals surface area contributed by atoms with Gasteiger partial charge in [0, 0.05) is 0 Å². The fourth-order valence-electron chi connectivity index (χ4n) is 1.92. The van der Waals surface area contributed by atoms with Gasteiger partial charge in [0.25, 0.3) is 0 Å². The average Bonchev–Trinajstić information content (AvgIpc) is 2.65. The second kappa shape index (κ2) is 2.78. The van der Waals surface area contributed by atoms with E-state index in [1.54, 1.807) is 0 Å². The van der Waals surface area contributed by atoms with Gasteiger partial charge in [-0.25, -0.2) is 0 Å². The topological polar surface area (TPSA) is 20.2 Å². The molecular formula is C10H20O. The van der Waals surface area contributed by atoms with Crippen LogP contribution in [0.25, 0.3) is 0 Å². The maximum absolute atomic E-state index is 10.1. The largest absolute Gasteiger partial charge is 0.390 e. The second-order valence-corrected chi connectivity index (χ2v) is 4.35. The first-order valence-corrected chi connectivity index (χ1v) is 4.72. The van der Waals surface area contributed by atoms with E-state index in [1.807, 2.05) is 6.92 Å². The first-order valence-electron chi connectivity index (χ1n) is 4.72. The summed E-state index contributed by atoms with van der Waals surface area (Å²) in [6.07, 6.45) is 2.30. The zero-order valence-corrected chi connectivity index (χ0v) is 8.09. The molecule has 1 aliphatic carbocycles. The molecule has 0 aromatic carbocycles. The van der Waals surface area contributed by atoms with Crippen molar-refractivity contribution in [3.8, 4) is 0 Å². The van der Waals surface area contributed by atoms with Gasteiger partial charge in [-0.15, -0.1) is 0 Å². The molecule has 11 heavy (non-hydrogen) atoms. The molecule has 1 heteroatoms.